The molecule has 4 rings (SSSR count). The van der Waals surface area contributed by atoms with E-state index in [1.165, 1.54) is 44.9 Å². The van der Waals surface area contributed by atoms with E-state index in [1.807, 2.05) is 5.57 Å². The molecule has 33 heavy (non-hydrogen) atoms. The van der Waals surface area contributed by atoms with E-state index < -0.39 is 0 Å². The molecule has 0 amide bonds. The molecule has 4 aliphatic rings. The van der Waals surface area contributed by atoms with Gasteiger partial charge in [-0.1, -0.05) is 65.3 Å². The number of carbonyl (C=O) groups is 1. The van der Waals surface area contributed by atoms with Crippen molar-refractivity contribution in [2.45, 2.75) is 112 Å². The van der Waals surface area contributed by atoms with Crippen molar-refractivity contribution >= 4 is 5.97 Å². The third-order valence-electron chi connectivity index (χ3n) is 11.1. The summed E-state index contributed by atoms with van der Waals surface area (Å²) in [5, 5.41) is 0. The van der Waals surface area contributed by atoms with Crippen LogP contribution < -0.4 is 0 Å². The number of hydrogen-bond donors (Lipinski definition) is 0. The third-order valence-corrected chi connectivity index (χ3v) is 11.1. The molecule has 2 nitrogen and oxygen atoms in total. The summed E-state index contributed by atoms with van der Waals surface area (Å²) in [5.74, 6) is 5.05. The topological polar surface area (TPSA) is 26.3 Å². The van der Waals surface area contributed by atoms with E-state index in [-0.39, 0.29) is 12.1 Å². The van der Waals surface area contributed by atoms with Gasteiger partial charge in [0.1, 0.15) is 6.10 Å². The molecule has 0 saturated heterocycles. The molecule has 9 atom stereocenters. The van der Waals surface area contributed by atoms with Gasteiger partial charge in [-0.3, -0.25) is 4.79 Å². The predicted molar refractivity (Wildman–Crippen MR) is 138 cm³/mol. The number of allylic oxidation sites excluding steroid dienone is 4. The van der Waals surface area contributed by atoms with Gasteiger partial charge >= 0.3 is 5.97 Å². The maximum Gasteiger partial charge on any atom is 0.302 e. The Morgan fingerprint density at radius 3 is 2.42 bits per heavy atom. The van der Waals surface area contributed by atoms with E-state index in [1.54, 1.807) is 6.92 Å². The lowest BCUT2D eigenvalue weighted by atomic mass is 9.47. The molecular weight excluding hydrogens is 404 g/mol. The molecule has 4 aliphatic carbocycles. The van der Waals surface area contributed by atoms with E-state index in [9.17, 15) is 4.79 Å². The highest BCUT2D eigenvalue weighted by molar-refractivity contribution is 5.66. The van der Waals surface area contributed by atoms with Crippen molar-refractivity contribution < 1.29 is 9.53 Å². The van der Waals surface area contributed by atoms with Crippen molar-refractivity contribution in [3.05, 3.63) is 23.8 Å². The third kappa shape index (κ3) is 4.50. The first-order chi connectivity index (χ1) is 15.6. The maximum absolute atomic E-state index is 11.5. The smallest absolute Gasteiger partial charge is 0.302 e. The minimum absolute atomic E-state index is 0.108. The Labute approximate surface area is 204 Å². The van der Waals surface area contributed by atoms with Crippen molar-refractivity contribution in [3.8, 4) is 0 Å². The van der Waals surface area contributed by atoms with Crippen LogP contribution in [0.5, 0.6) is 0 Å². The first-order valence-corrected chi connectivity index (χ1v) is 14.2. The van der Waals surface area contributed by atoms with Gasteiger partial charge in [-0.15, -0.1) is 0 Å². The molecule has 0 spiro atoms. The zero-order valence-corrected chi connectivity index (χ0v) is 22.5. The summed E-state index contributed by atoms with van der Waals surface area (Å²) < 4.78 is 5.64. The lowest BCUT2D eigenvalue weighted by Gasteiger charge is -2.58. The molecule has 0 heterocycles. The molecule has 3 saturated carbocycles. The normalized spacial score (nSPS) is 42.3. The standard InChI is InChI=1S/C31H50O2/c1-8-23(20(2)3)10-9-21(4)27-13-14-28-26-12-11-24-19-25(33-22(5)32)15-17-30(24,6)29(26)16-18-31(27,28)7/h9-10,12,20-21,23-25,27-29H,8,11,13-19H2,1-7H3/b10-9+/t21?,23?,24-,25?,27+,28-,29-,30-,31+/m0/s1. The Hall–Kier alpha value is -1.05. The van der Waals surface area contributed by atoms with Crippen LogP contribution in [0.3, 0.4) is 0 Å². The quantitative estimate of drug-likeness (QED) is 0.297. The molecule has 0 bridgehead atoms. The fourth-order valence-electron chi connectivity index (χ4n) is 9.00. The number of rotatable bonds is 6. The second-order valence-corrected chi connectivity index (χ2v) is 13.0. The van der Waals surface area contributed by atoms with Gasteiger partial charge in [0, 0.05) is 6.92 Å². The summed E-state index contributed by atoms with van der Waals surface area (Å²) in [5.41, 5.74) is 2.70. The molecule has 2 heteroatoms. The molecule has 0 aromatic carbocycles. The zero-order valence-electron chi connectivity index (χ0n) is 22.5. The van der Waals surface area contributed by atoms with Gasteiger partial charge in [-0.05, 0) is 110 Å². The van der Waals surface area contributed by atoms with Crippen LogP contribution >= 0.6 is 0 Å². The number of carbonyl (C=O) groups excluding carboxylic acids is 1. The summed E-state index contributed by atoms with van der Waals surface area (Å²) in [6.45, 7) is 16.3. The van der Waals surface area contributed by atoms with E-state index in [2.05, 4.69) is 59.8 Å². The lowest BCUT2D eigenvalue weighted by Crippen LogP contribution is -2.50. The Morgan fingerprint density at radius 1 is 1.06 bits per heavy atom. The summed E-state index contributed by atoms with van der Waals surface area (Å²) in [6.07, 6.45) is 19.3. The molecule has 0 aliphatic heterocycles. The highest BCUT2D eigenvalue weighted by Gasteiger charge is 2.58. The highest BCUT2D eigenvalue weighted by Crippen LogP contribution is 2.66. The van der Waals surface area contributed by atoms with E-state index in [4.69, 9.17) is 4.74 Å². The largest absolute Gasteiger partial charge is 0.463 e. The number of ether oxygens (including phenoxy) is 1. The summed E-state index contributed by atoms with van der Waals surface area (Å²) in [4.78, 5) is 11.5. The predicted octanol–water partition coefficient (Wildman–Crippen LogP) is 8.37. The molecule has 3 unspecified atom stereocenters. The first-order valence-electron chi connectivity index (χ1n) is 14.2. The number of esters is 1. The Kier molecular flexibility index (Phi) is 7.24. The van der Waals surface area contributed by atoms with Crippen molar-refractivity contribution in [2.24, 2.45) is 52.3 Å². The molecule has 186 valence electrons. The van der Waals surface area contributed by atoms with Crippen LogP contribution in [0.4, 0.5) is 0 Å². The molecule has 0 radical (unpaired) electrons. The van der Waals surface area contributed by atoms with Crippen molar-refractivity contribution in [1.82, 2.24) is 0 Å². The van der Waals surface area contributed by atoms with Crippen molar-refractivity contribution in [3.63, 3.8) is 0 Å². The summed E-state index contributed by atoms with van der Waals surface area (Å²) in [7, 11) is 0. The van der Waals surface area contributed by atoms with Crippen LogP contribution in [0.2, 0.25) is 0 Å². The van der Waals surface area contributed by atoms with Gasteiger partial charge in [0.2, 0.25) is 0 Å². The van der Waals surface area contributed by atoms with Crippen molar-refractivity contribution in [1.29, 1.82) is 0 Å². The van der Waals surface area contributed by atoms with Gasteiger partial charge in [-0.2, -0.15) is 0 Å². The minimum atomic E-state index is -0.108. The minimum Gasteiger partial charge on any atom is -0.463 e. The van der Waals surface area contributed by atoms with Crippen LogP contribution in [0.25, 0.3) is 0 Å². The highest BCUT2D eigenvalue weighted by atomic mass is 16.5. The van der Waals surface area contributed by atoms with E-state index in [0.717, 1.165) is 36.5 Å². The molecular formula is C31H50O2. The Bertz CT molecular complexity index is 778. The van der Waals surface area contributed by atoms with Gasteiger partial charge in [0.05, 0.1) is 0 Å². The summed E-state index contributed by atoms with van der Waals surface area (Å²) >= 11 is 0. The van der Waals surface area contributed by atoms with Crippen LogP contribution in [0.15, 0.2) is 23.8 Å². The molecule has 0 N–H and O–H groups in total. The first kappa shape index (κ1) is 25.1. The average Bonchev–Trinajstić information content (AvgIpc) is 3.11. The van der Waals surface area contributed by atoms with E-state index in [0.29, 0.717) is 28.6 Å². The van der Waals surface area contributed by atoms with E-state index >= 15 is 0 Å². The maximum atomic E-state index is 11.5. The van der Waals surface area contributed by atoms with Gasteiger partial charge in [-0.25, -0.2) is 0 Å². The molecule has 0 aromatic rings. The Balaban J connectivity index is 1.50. The second-order valence-electron chi connectivity index (χ2n) is 13.0. The van der Waals surface area contributed by atoms with Crippen LogP contribution in [0, 0.1) is 52.3 Å². The van der Waals surface area contributed by atoms with Crippen LogP contribution in [0.1, 0.15) is 106 Å². The summed E-state index contributed by atoms with van der Waals surface area (Å²) in [6, 6.07) is 0. The Morgan fingerprint density at radius 2 is 1.76 bits per heavy atom. The van der Waals surface area contributed by atoms with Crippen molar-refractivity contribution in [2.75, 3.05) is 0 Å². The lowest BCUT2D eigenvalue weighted by molar-refractivity contribution is -0.152. The number of fused-ring (bicyclic) bond motifs is 5. The monoisotopic (exact) mass is 454 g/mol. The van der Waals surface area contributed by atoms with Gasteiger partial charge in [0.25, 0.3) is 0 Å². The van der Waals surface area contributed by atoms with Gasteiger partial charge < -0.3 is 4.74 Å². The average molecular weight is 455 g/mol. The fraction of sp³-hybridized carbons (Fsp3) is 0.839. The van der Waals surface area contributed by atoms with Gasteiger partial charge in [0.15, 0.2) is 0 Å². The second kappa shape index (κ2) is 9.54. The van der Waals surface area contributed by atoms with Crippen LogP contribution in [-0.4, -0.2) is 12.1 Å². The SMILES string of the molecule is CCC(/C=C/C(C)[C@H]1CC[C@H]2C3=CC[C@H]4CC(OC(C)=O)CC[C@]4(C)[C@H]3CC[C@]12C)C(C)C. The number of hydrogen-bond acceptors (Lipinski definition) is 2. The van der Waals surface area contributed by atoms with Crippen LogP contribution in [-0.2, 0) is 9.53 Å². The zero-order chi connectivity index (χ0) is 24.0. The molecule has 0 aromatic heterocycles. The molecule has 3 fully saturated rings. The fourth-order valence-corrected chi connectivity index (χ4v) is 9.00.